The van der Waals surface area contributed by atoms with Crippen LogP contribution >= 0.6 is 0 Å². The van der Waals surface area contributed by atoms with E-state index in [1.807, 2.05) is 58.8 Å². The lowest BCUT2D eigenvalue weighted by atomic mass is 9.76. The first-order valence-electron chi connectivity index (χ1n) is 11.5. The van der Waals surface area contributed by atoms with Crippen LogP contribution in [0.4, 0.5) is 10.7 Å². The number of carbonyl (C=O) groups excluding carboxylic acids is 1. The molecule has 168 valence electrons. The minimum atomic E-state index is -0.421. The fourth-order valence-electron chi connectivity index (χ4n) is 4.52. The average molecular weight is 418 g/mol. The van der Waals surface area contributed by atoms with E-state index in [1.165, 1.54) is 13.0 Å². The van der Waals surface area contributed by atoms with Crippen molar-refractivity contribution in [3.8, 4) is 0 Å². The molecule has 3 fully saturated rings. The minimum Gasteiger partial charge on any atom is -0.444 e. The summed E-state index contributed by atoms with van der Waals surface area (Å²) in [5.41, 5.74) is 1.01. The van der Waals surface area contributed by atoms with Gasteiger partial charge in [0, 0.05) is 51.7 Å². The number of aryl methyl sites for hydroxylation is 1. The van der Waals surface area contributed by atoms with Crippen LogP contribution in [0.5, 0.6) is 0 Å². The van der Waals surface area contributed by atoms with E-state index in [2.05, 4.69) is 19.8 Å². The van der Waals surface area contributed by atoms with Gasteiger partial charge in [0.15, 0.2) is 0 Å². The number of anilines is 1. The number of likely N-dealkylation sites (tertiary alicyclic amines) is 2. The molecule has 0 atom stereocenters. The maximum absolute atomic E-state index is 12.2. The lowest BCUT2D eigenvalue weighted by Crippen LogP contribution is -2.77. The number of hydrogen-bond acceptors (Lipinski definition) is 6. The van der Waals surface area contributed by atoms with Crippen molar-refractivity contribution >= 4 is 12.0 Å². The van der Waals surface area contributed by atoms with Gasteiger partial charge in [-0.2, -0.15) is 0 Å². The van der Waals surface area contributed by atoms with Crippen molar-refractivity contribution in [1.29, 1.82) is 0 Å². The van der Waals surface area contributed by atoms with E-state index < -0.39 is 5.60 Å². The van der Waals surface area contributed by atoms with Crippen molar-refractivity contribution < 1.29 is 9.53 Å². The van der Waals surface area contributed by atoms with Gasteiger partial charge in [0.05, 0.1) is 5.54 Å². The van der Waals surface area contributed by atoms with Gasteiger partial charge in [0.2, 0.25) is 5.95 Å². The zero-order valence-electron chi connectivity index (χ0n) is 19.6. The number of rotatable bonds is 3. The van der Waals surface area contributed by atoms with Gasteiger partial charge in [-0.15, -0.1) is 0 Å². The van der Waals surface area contributed by atoms with Crippen molar-refractivity contribution in [3.63, 3.8) is 0 Å². The molecule has 7 heteroatoms. The molecule has 0 N–H and O–H groups in total. The van der Waals surface area contributed by atoms with Crippen molar-refractivity contribution in [3.05, 3.63) is 18.0 Å². The van der Waals surface area contributed by atoms with Crippen LogP contribution < -0.4 is 4.90 Å². The first kappa shape index (κ1) is 22.8. The lowest BCUT2D eigenvalue weighted by molar-refractivity contribution is -0.0531. The quantitative estimate of drug-likeness (QED) is 0.747. The van der Waals surface area contributed by atoms with Crippen molar-refractivity contribution in [2.45, 2.75) is 71.9 Å². The molecule has 0 radical (unpaired) electrons. The molecule has 1 aromatic rings. The number of ether oxygens (including phenoxy) is 1. The molecule has 3 aliphatic rings. The highest BCUT2D eigenvalue weighted by molar-refractivity contribution is 5.68. The highest BCUT2D eigenvalue weighted by Gasteiger charge is 2.54. The first-order chi connectivity index (χ1) is 14.2. The van der Waals surface area contributed by atoms with Crippen molar-refractivity contribution in [2.75, 3.05) is 44.2 Å². The molecule has 0 aliphatic carbocycles. The molecule has 30 heavy (non-hydrogen) atoms. The smallest absolute Gasteiger partial charge is 0.410 e. The topological polar surface area (TPSA) is 61.8 Å². The molecule has 7 nitrogen and oxygen atoms in total. The van der Waals surface area contributed by atoms with Crippen molar-refractivity contribution in [1.82, 2.24) is 19.8 Å². The van der Waals surface area contributed by atoms with E-state index in [0.29, 0.717) is 11.5 Å². The predicted molar refractivity (Wildman–Crippen MR) is 120 cm³/mol. The van der Waals surface area contributed by atoms with E-state index >= 15 is 0 Å². The Kier molecular flexibility index (Phi) is 6.90. The zero-order chi connectivity index (χ0) is 21.9. The maximum Gasteiger partial charge on any atom is 0.410 e. The second-order valence-corrected chi connectivity index (χ2v) is 9.75. The van der Waals surface area contributed by atoms with E-state index in [0.717, 1.165) is 57.1 Å². The summed E-state index contributed by atoms with van der Waals surface area (Å²) < 4.78 is 5.51. The third kappa shape index (κ3) is 5.05. The van der Waals surface area contributed by atoms with Gasteiger partial charge in [0.1, 0.15) is 5.60 Å². The average Bonchev–Trinajstić information content (AvgIpc) is 2.66. The predicted octanol–water partition coefficient (Wildman–Crippen LogP) is 3.72. The Morgan fingerprint density at radius 3 is 2.23 bits per heavy atom. The first-order valence-corrected chi connectivity index (χ1v) is 11.5. The van der Waals surface area contributed by atoms with Gasteiger partial charge < -0.3 is 14.5 Å². The van der Waals surface area contributed by atoms with Gasteiger partial charge in [-0.1, -0.05) is 13.8 Å². The molecule has 0 bridgehead atoms. The van der Waals surface area contributed by atoms with E-state index in [4.69, 9.17) is 4.74 Å². The summed E-state index contributed by atoms with van der Waals surface area (Å²) in [5.74, 6) is 1.52. The number of nitrogens with zero attached hydrogens (tertiary/aromatic N) is 5. The third-order valence-corrected chi connectivity index (χ3v) is 6.28. The third-order valence-electron chi connectivity index (χ3n) is 6.28. The number of aromatic nitrogens is 2. The molecule has 3 saturated heterocycles. The summed E-state index contributed by atoms with van der Waals surface area (Å²) in [6.45, 7) is 17.8. The lowest BCUT2D eigenvalue weighted by Gasteiger charge is -2.63. The number of amides is 1. The van der Waals surface area contributed by atoms with Crippen LogP contribution in [0.3, 0.4) is 0 Å². The molecular formula is C23H39N5O2. The summed E-state index contributed by atoms with van der Waals surface area (Å²) in [6, 6.07) is 0. The molecule has 4 heterocycles. The molecule has 0 aromatic carbocycles. The van der Waals surface area contributed by atoms with E-state index in [1.54, 1.807) is 0 Å². The minimum absolute atomic E-state index is 0.167. The summed E-state index contributed by atoms with van der Waals surface area (Å²) in [5, 5.41) is 0. The molecule has 1 spiro atoms. The van der Waals surface area contributed by atoms with E-state index in [9.17, 15) is 4.79 Å². The van der Waals surface area contributed by atoms with Crippen LogP contribution in [0.15, 0.2) is 12.4 Å². The molecular weight excluding hydrogens is 378 g/mol. The van der Waals surface area contributed by atoms with Crippen molar-refractivity contribution in [2.24, 2.45) is 5.92 Å². The maximum atomic E-state index is 12.2. The second kappa shape index (κ2) is 9.08. The summed E-state index contributed by atoms with van der Waals surface area (Å²) in [6.07, 6.45) is 7.02. The monoisotopic (exact) mass is 417 g/mol. The SMILES string of the molecule is CC.Cc1cnc(N2CC3(CCN3CC3CCN(C(=O)OC(C)(C)C)CC3)C2)nc1. The number of piperidine rings is 1. The number of hydrogen-bond donors (Lipinski definition) is 0. The normalized spacial score (nSPS) is 21.4. The molecule has 4 rings (SSSR count). The molecule has 1 aromatic heterocycles. The highest BCUT2D eigenvalue weighted by Crippen LogP contribution is 2.41. The zero-order valence-corrected chi connectivity index (χ0v) is 19.6. The summed E-state index contributed by atoms with van der Waals surface area (Å²) >= 11 is 0. The van der Waals surface area contributed by atoms with Crippen LogP contribution in [0.2, 0.25) is 0 Å². The van der Waals surface area contributed by atoms with E-state index in [-0.39, 0.29) is 6.09 Å². The Morgan fingerprint density at radius 1 is 1.13 bits per heavy atom. The van der Waals surface area contributed by atoms with Gasteiger partial charge in [0.25, 0.3) is 0 Å². The van der Waals surface area contributed by atoms with Crippen LogP contribution in [0.1, 0.15) is 59.4 Å². The fourth-order valence-corrected chi connectivity index (χ4v) is 4.52. The van der Waals surface area contributed by atoms with Gasteiger partial charge in [-0.3, -0.25) is 4.90 Å². The molecule has 0 unspecified atom stereocenters. The highest BCUT2D eigenvalue weighted by atomic mass is 16.6. The molecule has 1 amide bonds. The Balaban J connectivity index is 0.00000124. The summed E-state index contributed by atoms with van der Waals surface area (Å²) in [4.78, 5) is 28.0. The fraction of sp³-hybridized carbons (Fsp3) is 0.783. The molecule has 0 saturated carbocycles. The van der Waals surface area contributed by atoms with Crippen LogP contribution in [0.25, 0.3) is 0 Å². The Bertz CT molecular complexity index is 701. The van der Waals surface area contributed by atoms with Crippen LogP contribution in [-0.4, -0.2) is 76.3 Å². The van der Waals surface area contributed by atoms with Gasteiger partial charge in [-0.05, 0) is 58.4 Å². The van der Waals surface area contributed by atoms with Crippen LogP contribution in [-0.2, 0) is 4.74 Å². The Labute approximate surface area is 181 Å². The summed E-state index contributed by atoms with van der Waals surface area (Å²) in [7, 11) is 0. The van der Waals surface area contributed by atoms with Gasteiger partial charge in [-0.25, -0.2) is 14.8 Å². The molecule has 3 aliphatic heterocycles. The Hall–Kier alpha value is -1.89. The Morgan fingerprint density at radius 2 is 1.73 bits per heavy atom. The van der Waals surface area contributed by atoms with Gasteiger partial charge >= 0.3 is 6.09 Å². The standard InChI is InChI=1S/C21H33N5O2.C2H6/c1-16-11-22-18(23-12-16)25-14-21(15-25)7-10-26(21)13-17-5-8-24(9-6-17)19(27)28-20(2,3)4;1-2/h11-12,17H,5-10,13-15H2,1-4H3;1-2H3. The number of carbonyl (C=O) groups is 1. The van der Waals surface area contributed by atoms with Crippen LogP contribution in [0, 0.1) is 12.8 Å². The second-order valence-electron chi connectivity index (χ2n) is 9.75. The largest absolute Gasteiger partial charge is 0.444 e.